The number of anilines is 1. The molecule has 0 spiro atoms. The Labute approximate surface area is 308 Å². The molecule has 15 heteroatoms. The van der Waals surface area contributed by atoms with Crippen LogP contribution in [0.4, 0.5) is 5.13 Å². The molecule has 0 bridgehead atoms. The second-order valence-electron chi connectivity index (χ2n) is 14.8. The van der Waals surface area contributed by atoms with E-state index in [0.29, 0.717) is 42.4 Å². The van der Waals surface area contributed by atoms with Gasteiger partial charge < -0.3 is 25.0 Å². The molecule has 3 N–H and O–H groups in total. The number of benzene rings is 1. The highest BCUT2D eigenvalue weighted by Gasteiger charge is 2.62. The van der Waals surface area contributed by atoms with Gasteiger partial charge in [0.15, 0.2) is 5.13 Å². The molecule has 3 heterocycles. The van der Waals surface area contributed by atoms with Crippen molar-refractivity contribution in [1.82, 2.24) is 24.9 Å². The average molecular weight is 751 g/mol. The number of pyridine rings is 1. The molecule has 0 saturated heterocycles. The summed E-state index contributed by atoms with van der Waals surface area (Å²) in [7, 11) is -0.472. The number of carbonyl (C=O) groups is 3. The summed E-state index contributed by atoms with van der Waals surface area (Å²) in [6, 6.07) is 7.76. The molecule has 0 radical (unpaired) electrons. The minimum atomic E-state index is -3.83. The first-order valence-electron chi connectivity index (χ1n) is 18.0. The van der Waals surface area contributed by atoms with Crippen LogP contribution in [0.3, 0.4) is 0 Å². The number of ether oxygens (including phenoxy) is 2. The van der Waals surface area contributed by atoms with Gasteiger partial charge in [0, 0.05) is 36.3 Å². The van der Waals surface area contributed by atoms with Crippen LogP contribution in [0.15, 0.2) is 41.8 Å². The summed E-state index contributed by atoms with van der Waals surface area (Å²) in [6.07, 6.45) is 7.47. The Morgan fingerprint density at radius 3 is 2.63 bits per heavy atom. The number of hydrogen-bond donors (Lipinski definition) is 3. The average Bonchev–Trinajstić information content (AvgIpc) is 3.99. The summed E-state index contributed by atoms with van der Waals surface area (Å²) < 4.78 is 39.9. The molecule has 5 unspecified atom stereocenters. The normalized spacial score (nSPS) is 27.3. The number of methoxy groups -OCH3 is 1. The minimum Gasteiger partial charge on any atom is -0.497 e. The maximum absolute atomic E-state index is 14.2. The first-order chi connectivity index (χ1) is 24.9. The van der Waals surface area contributed by atoms with Crippen molar-refractivity contribution < 1.29 is 32.3 Å². The molecule has 3 aliphatic carbocycles. The summed E-state index contributed by atoms with van der Waals surface area (Å²) in [4.78, 5) is 53.2. The van der Waals surface area contributed by atoms with E-state index >= 15 is 0 Å². The van der Waals surface area contributed by atoms with Crippen LogP contribution in [0.25, 0.3) is 22.2 Å². The smallest absolute Gasteiger partial charge is 0.259 e. The number of amides is 3. The second kappa shape index (κ2) is 14.3. The van der Waals surface area contributed by atoms with E-state index in [1.54, 1.807) is 19.1 Å². The Balaban J connectivity index is 1.19. The van der Waals surface area contributed by atoms with E-state index in [9.17, 15) is 22.8 Å². The van der Waals surface area contributed by atoms with Crippen molar-refractivity contribution >= 4 is 55.0 Å². The molecular formula is C37H46N6O7S2. The van der Waals surface area contributed by atoms with E-state index < -0.39 is 50.6 Å². The predicted molar refractivity (Wildman–Crippen MR) is 198 cm³/mol. The third-order valence-electron chi connectivity index (χ3n) is 10.5. The van der Waals surface area contributed by atoms with Gasteiger partial charge >= 0.3 is 0 Å². The van der Waals surface area contributed by atoms with E-state index in [4.69, 9.17) is 19.4 Å². The van der Waals surface area contributed by atoms with Gasteiger partial charge in [0.2, 0.25) is 27.7 Å². The molecule has 1 aromatic carbocycles. The lowest BCUT2D eigenvalue weighted by atomic mass is 9.93. The van der Waals surface area contributed by atoms with Gasteiger partial charge in [0.25, 0.3) is 5.91 Å². The second-order valence-corrected chi connectivity index (χ2v) is 17.6. The van der Waals surface area contributed by atoms with Crippen LogP contribution < -0.4 is 24.8 Å². The van der Waals surface area contributed by atoms with Gasteiger partial charge in [-0.1, -0.05) is 12.2 Å². The number of sulfonamides is 1. The van der Waals surface area contributed by atoms with Crippen molar-refractivity contribution in [3.8, 4) is 23.0 Å². The number of thiazole rings is 1. The quantitative estimate of drug-likeness (QED) is 0.262. The first kappa shape index (κ1) is 36.1. The number of allylic oxidation sites excluding steroid dienone is 1. The SMILES string of the molecule is COc1ccc2c(OC3CC4C(=O)NC5(C(=O)NS(=O)(=O)C6CC6)CC5/C=C\CCCCN(C)C(=O)C4C3)nc(-c3csc(NC(C)C)n3)cc2c1. The number of rotatable bonds is 9. The third-order valence-corrected chi connectivity index (χ3v) is 13.0. The Hall–Kier alpha value is -4.24. The molecule has 1 aliphatic heterocycles. The number of fused-ring (bicyclic) bond motifs is 3. The van der Waals surface area contributed by atoms with Gasteiger partial charge in [-0.25, -0.2) is 18.4 Å². The molecular weight excluding hydrogens is 705 g/mol. The zero-order valence-electron chi connectivity index (χ0n) is 29.9. The van der Waals surface area contributed by atoms with Crippen LogP contribution >= 0.6 is 11.3 Å². The lowest BCUT2D eigenvalue weighted by Crippen LogP contribution is -2.54. The molecule has 3 amide bonds. The van der Waals surface area contributed by atoms with Crippen molar-refractivity contribution in [2.24, 2.45) is 17.8 Å². The molecule has 3 aromatic rings. The number of aromatic nitrogens is 2. The third kappa shape index (κ3) is 7.47. The fourth-order valence-electron chi connectivity index (χ4n) is 7.31. The molecule has 52 heavy (non-hydrogen) atoms. The summed E-state index contributed by atoms with van der Waals surface area (Å²) in [5.41, 5.74) is -0.116. The van der Waals surface area contributed by atoms with Crippen molar-refractivity contribution in [3.63, 3.8) is 0 Å². The highest BCUT2D eigenvalue weighted by atomic mass is 32.2. The largest absolute Gasteiger partial charge is 0.497 e. The van der Waals surface area contributed by atoms with Crippen LogP contribution in [0.5, 0.6) is 11.6 Å². The highest BCUT2D eigenvalue weighted by molar-refractivity contribution is 7.91. The van der Waals surface area contributed by atoms with E-state index in [-0.39, 0.29) is 37.1 Å². The first-order valence-corrected chi connectivity index (χ1v) is 20.5. The number of hydrogen-bond acceptors (Lipinski definition) is 11. The Morgan fingerprint density at radius 2 is 1.88 bits per heavy atom. The van der Waals surface area contributed by atoms with Crippen LogP contribution in [-0.2, 0) is 24.4 Å². The van der Waals surface area contributed by atoms with Crippen molar-refractivity contribution in [2.75, 3.05) is 26.0 Å². The maximum Gasteiger partial charge on any atom is 0.259 e. The topological polar surface area (TPSA) is 169 Å². The monoisotopic (exact) mass is 750 g/mol. The highest BCUT2D eigenvalue weighted by Crippen LogP contribution is 2.47. The zero-order chi connectivity index (χ0) is 36.8. The molecule has 3 fully saturated rings. The molecule has 2 aromatic heterocycles. The van der Waals surface area contributed by atoms with Crippen molar-refractivity contribution in [1.29, 1.82) is 0 Å². The van der Waals surface area contributed by atoms with Crippen molar-refractivity contribution in [2.45, 2.75) is 88.1 Å². The van der Waals surface area contributed by atoms with E-state index in [2.05, 4.69) is 15.4 Å². The summed E-state index contributed by atoms with van der Waals surface area (Å²) in [6.45, 7) is 4.64. The number of nitrogens with one attached hydrogen (secondary N) is 3. The van der Waals surface area contributed by atoms with Gasteiger partial charge in [-0.15, -0.1) is 11.3 Å². The predicted octanol–water partition coefficient (Wildman–Crippen LogP) is 4.64. The Morgan fingerprint density at radius 1 is 1.10 bits per heavy atom. The standard InChI is InChI=1S/C37H46N6O7S2/c1-21(2)38-36-40-31(20-51-36)30-16-22-15-24(49-4)10-13-27(22)33(39-30)50-25-17-28-29(18-25)34(45)43(3)14-8-6-5-7-9-23-19-37(23,41-32(28)44)35(46)42-52(47,48)26-11-12-26/h7,9-10,13,15-16,20-21,23,25-26,28-29H,5-6,8,11-12,14,17-19H2,1-4H3,(H,38,40)(H,41,44)(H,42,46)/b9-7-. The molecule has 13 nitrogen and oxygen atoms in total. The van der Waals surface area contributed by atoms with Crippen LogP contribution in [-0.4, -0.2) is 84.6 Å². The zero-order valence-corrected chi connectivity index (χ0v) is 31.5. The minimum absolute atomic E-state index is 0.162. The van der Waals surface area contributed by atoms with Gasteiger partial charge in [-0.05, 0) is 94.9 Å². The lowest BCUT2D eigenvalue weighted by Gasteiger charge is -2.26. The molecule has 3 saturated carbocycles. The van der Waals surface area contributed by atoms with Crippen LogP contribution in [0, 0.1) is 17.8 Å². The molecule has 278 valence electrons. The molecule has 7 rings (SSSR count). The van der Waals surface area contributed by atoms with Gasteiger partial charge in [-0.3, -0.25) is 19.1 Å². The lowest BCUT2D eigenvalue weighted by molar-refractivity contribution is -0.140. The molecule has 5 atom stereocenters. The maximum atomic E-state index is 14.2. The van der Waals surface area contributed by atoms with Crippen molar-refractivity contribution in [3.05, 3.63) is 41.8 Å². The Bertz CT molecular complexity index is 2010. The van der Waals surface area contributed by atoms with Gasteiger partial charge in [0.1, 0.15) is 23.1 Å². The van der Waals surface area contributed by atoms with Crippen LogP contribution in [0.1, 0.15) is 65.2 Å². The fraction of sp³-hybridized carbons (Fsp3) is 0.541. The van der Waals surface area contributed by atoms with E-state index in [0.717, 1.165) is 35.2 Å². The summed E-state index contributed by atoms with van der Waals surface area (Å²) in [5.74, 6) is -2.20. The number of nitrogens with zero attached hydrogens (tertiary/aromatic N) is 3. The van der Waals surface area contributed by atoms with Gasteiger partial charge in [0.05, 0.1) is 29.9 Å². The number of carbonyl (C=O) groups excluding carboxylic acids is 3. The summed E-state index contributed by atoms with van der Waals surface area (Å²) >= 11 is 1.48. The Kier molecular flexibility index (Phi) is 9.93. The molecule has 4 aliphatic rings. The fourth-order valence-corrected chi connectivity index (χ4v) is 9.52. The van der Waals surface area contributed by atoms with Gasteiger partial charge in [-0.2, -0.15) is 0 Å². The van der Waals surface area contributed by atoms with E-state index in [1.807, 2.05) is 55.6 Å². The van der Waals surface area contributed by atoms with Crippen LogP contribution in [0.2, 0.25) is 0 Å². The summed E-state index contributed by atoms with van der Waals surface area (Å²) in [5, 5.41) is 9.97. The van der Waals surface area contributed by atoms with E-state index in [1.165, 1.54) is 11.3 Å².